The molecule has 10 nitrogen and oxygen atoms in total. The van der Waals surface area contributed by atoms with Gasteiger partial charge in [0.25, 0.3) is 11.5 Å². The number of carbonyl (C=O) groups is 1. The predicted octanol–water partition coefficient (Wildman–Crippen LogP) is 0.725. The van der Waals surface area contributed by atoms with Gasteiger partial charge in [-0.3, -0.25) is 14.2 Å². The third kappa shape index (κ3) is 3.38. The van der Waals surface area contributed by atoms with E-state index in [9.17, 15) is 14.7 Å². The zero-order chi connectivity index (χ0) is 20.6. The van der Waals surface area contributed by atoms with Gasteiger partial charge in [-0.25, -0.2) is 14.6 Å². The monoisotopic (exact) mass is 396 g/mol. The van der Waals surface area contributed by atoms with Crippen LogP contribution in [0.25, 0.3) is 5.69 Å². The molecule has 4 rings (SSSR count). The normalized spacial score (nSPS) is 15.0. The predicted molar refractivity (Wildman–Crippen MR) is 102 cm³/mol. The Labute approximate surface area is 165 Å². The van der Waals surface area contributed by atoms with Crippen molar-refractivity contribution in [3.63, 3.8) is 0 Å². The summed E-state index contributed by atoms with van der Waals surface area (Å²) in [7, 11) is 0. The van der Waals surface area contributed by atoms with Crippen molar-refractivity contribution in [2.24, 2.45) is 0 Å². The summed E-state index contributed by atoms with van der Waals surface area (Å²) in [6.45, 7) is 4.26. The molecule has 1 aliphatic heterocycles. The second-order valence-corrected chi connectivity index (χ2v) is 7.10. The van der Waals surface area contributed by atoms with Gasteiger partial charge in [0.2, 0.25) is 5.75 Å². The van der Waals surface area contributed by atoms with Gasteiger partial charge in [0.15, 0.2) is 5.69 Å². The number of para-hydroxylation sites is 1. The molecule has 0 saturated heterocycles. The zero-order valence-electron chi connectivity index (χ0n) is 16.0. The summed E-state index contributed by atoms with van der Waals surface area (Å²) in [5.74, 6) is -1.02. The number of rotatable bonds is 4. The van der Waals surface area contributed by atoms with Gasteiger partial charge in [0.05, 0.1) is 18.8 Å². The van der Waals surface area contributed by atoms with Crippen LogP contribution in [0.3, 0.4) is 0 Å². The smallest absolute Gasteiger partial charge is 0.296 e. The minimum Gasteiger partial charge on any atom is -0.501 e. The highest BCUT2D eigenvalue weighted by molar-refractivity contribution is 5.94. The summed E-state index contributed by atoms with van der Waals surface area (Å²) in [4.78, 5) is 33.4. The third-order valence-corrected chi connectivity index (χ3v) is 4.77. The van der Waals surface area contributed by atoms with Crippen molar-refractivity contribution < 1.29 is 14.6 Å². The van der Waals surface area contributed by atoms with E-state index < -0.39 is 22.8 Å². The Morgan fingerprint density at radius 2 is 2.14 bits per heavy atom. The molecule has 1 amide bonds. The van der Waals surface area contributed by atoms with Gasteiger partial charge in [-0.15, -0.1) is 0 Å². The maximum Gasteiger partial charge on any atom is 0.296 e. The van der Waals surface area contributed by atoms with Gasteiger partial charge >= 0.3 is 0 Å². The second-order valence-electron chi connectivity index (χ2n) is 7.10. The van der Waals surface area contributed by atoms with Crippen molar-refractivity contribution in [2.45, 2.75) is 32.5 Å². The molecule has 1 aliphatic rings. The van der Waals surface area contributed by atoms with Crippen LogP contribution in [-0.2, 0) is 23.4 Å². The fraction of sp³-hybridized carbons (Fsp3) is 0.316. The van der Waals surface area contributed by atoms with Gasteiger partial charge in [0.1, 0.15) is 24.1 Å². The molecule has 2 aromatic heterocycles. The van der Waals surface area contributed by atoms with Crippen LogP contribution < -0.4 is 10.9 Å². The minimum atomic E-state index is -0.847. The summed E-state index contributed by atoms with van der Waals surface area (Å²) in [5, 5.41) is 17.1. The average Bonchev–Trinajstić information content (AvgIpc) is 3.24. The molecular weight excluding hydrogens is 376 g/mol. The first-order chi connectivity index (χ1) is 13.9. The lowest BCUT2D eigenvalue weighted by Gasteiger charge is -2.32. The lowest BCUT2D eigenvalue weighted by Crippen LogP contribution is -2.42. The molecule has 1 aromatic carbocycles. The van der Waals surface area contributed by atoms with E-state index in [1.54, 1.807) is 24.9 Å². The lowest BCUT2D eigenvalue weighted by molar-refractivity contribution is -0.0566. The van der Waals surface area contributed by atoms with Gasteiger partial charge in [-0.1, -0.05) is 18.2 Å². The minimum absolute atomic E-state index is 0.147. The summed E-state index contributed by atoms with van der Waals surface area (Å²) in [6, 6.07) is 7.37. The van der Waals surface area contributed by atoms with Gasteiger partial charge in [-0.2, -0.15) is 5.10 Å². The van der Waals surface area contributed by atoms with E-state index in [1.165, 1.54) is 10.9 Å². The van der Waals surface area contributed by atoms with Crippen LogP contribution in [-0.4, -0.2) is 41.9 Å². The molecule has 3 heterocycles. The Kier molecular flexibility index (Phi) is 4.63. The number of nitrogens with zero attached hydrogens (tertiary/aromatic N) is 5. The van der Waals surface area contributed by atoms with E-state index in [1.807, 2.05) is 24.3 Å². The number of aromatic hydroxyl groups is 1. The van der Waals surface area contributed by atoms with Crippen LogP contribution in [0.15, 0.2) is 41.7 Å². The van der Waals surface area contributed by atoms with Crippen molar-refractivity contribution in [1.29, 1.82) is 0 Å². The number of fused-ring (bicyclic) bond motifs is 1. The Morgan fingerprint density at radius 3 is 2.90 bits per heavy atom. The zero-order valence-corrected chi connectivity index (χ0v) is 16.0. The van der Waals surface area contributed by atoms with Crippen molar-refractivity contribution in [2.75, 3.05) is 6.61 Å². The first-order valence-corrected chi connectivity index (χ1v) is 9.08. The van der Waals surface area contributed by atoms with Gasteiger partial charge < -0.3 is 15.2 Å². The maximum atomic E-state index is 12.7. The SMILES string of the molecule is CC1(C)OCCn2c1nc(C(=O)NCc1ccccc1-n1cncn1)c(O)c2=O. The molecular formula is C19H20N6O4. The molecule has 0 spiro atoms. The molecule has 0 unspecified atom stereocenters. The van der Waals surface area contributed by atoms with Crippen LogP contribution in [0.1, 0.15) is 35.7 Å². The quantitative estimate of drug-likeness (QED) is 0.666. The summed E-state index contributed by atoms with van der Waals surface area (Å²) >= 11 is 0. The van der Waals surface area contributed by atoms with Crippen LogP contribution in [0.2, 0.25) is 0 Å². The maximum absolute atomic E-state index is 12.7. The summed E-state index contributed by atoms with van der Waals surface area (Å²) in [5.41, 5.74) is -0.288. The van der Waals surface area contributed by atoms with Crippen molar-refractivity contribution >= 4 is 5.91 Å². The van der Waals surface area contributed by atoms with Crippen LogP contribution >= 0.6 is 0 Å². The molecule has 150 valence electrons. The van der Waals surface area contributed by atoms with E-state index in [-0.39, 0.29) is 18.8 Å². The molecule has 0 radical (unpaired) electrons. The van der Waals surface area contributed by atoms with E-state index in [0.717, 1.165) is 11.3 Å². The largest absolute Gasteiger partial charge is 0.501 e. The first-order valence-electron chi connectivity index (χ1n) is 9.08. The number of aromatic nitrogens is 5. The van der Waals surface area contributed by atoms with E-state index in [4.69, 9.17) is 4.74 Å². The molecule has 0 bridgehead atoms. The highest BCUT2D eigenvalue weighted by atomic mass is 16.5. The highest BCUT2D eigenvalue weighted by Gasteiger charge is 2.34. The van der Waals surface area contributed by atoms with Crippen LogP contribution in [0.4, 0.5) is 0 Å². The number of ether oxygens (including phenoxy) is 1. The molecule has 2 N–H and O–H groups in total. The lowest BCUT2D eigenvalue weighted by atomic mass is 10.1. The highest BCUT2D eigenvalue weighted by Crippen LogP contribution is 2.27. The molecule has 0 aliphatic carbocycles. The topological polar surface area (TPSA) is 124 Å². The molecule has 0 saturated carbocycles. The molecule has 0 fully saturated rings. The molecule has 10 heteroatoms. The molecule has 0 atom stereocenters. The van der Waals surface area contributed by atoms with Crippen molar-refractivity contribution in [3.05, 3.63) is 64.4 Å². The summed E-state index contributed by atoms with van der Waals surface area (Å²) in [6.07, 6.45) is 2.97. The van der Waals surface area contributed by atoms with E-state index >= 15 is 0 Å². The van der Waals surface area contributed by atoms with Crippen molar-refractivity contribution in [3.8, 4) is 11.4 Å². The fourth-order valence-corrected chi connectivity index (χ4v) is 3.30. The number of benzene rings is 1. The number of carbonyl (C=O) groups excluding carboxylic acids is 1. The Hall–Kier alpha value is -3.53. The standard InChI is InChI=1S/C19H20N6O4/c1-19(2)18-23-14(15(26)17(28)24(18)7-8-29-19)16(27)21-9-12-5-3-4-6-13(12)25-11-20-10-22-25/h3-6,10-11,26H,7-9H2,1-2H3,(H,21,27). The number of hydrogen-bond donors (Lipinski definition) is 2. The van der Waals surface area contributed by atoms with E-state index in [0.29, 0.717) is 12.4 Å². The Morgan fingerprint density at radius 1 is 1.34 bits per heavy atom. The average molecular weight is 396 g/mol. The van der Waals surface area contributed by atoms with Crippen molar-refractivity contribution in [1.82, 2.24) is 29.6 Å². The second kappa shape index (κ2) is 7.13. The van der Waals surface area contributed by atoms with E-state index in [2.05, 4.69) is 20.4 Å². The molecule has 3 aromatic rings. The number of amides is 1. The van der Waals surface area contributed by atoms with Crippen LogP contribution in [0.5, 0.6) is 5.75 Å². The molecule has 29 heavy (non-hydrogen) atoms. The summed E-state index contributed by atoms with van der Waals surface area (Å²) < 4.78 is 8.59. The van der Waals surface area contributed by atoms with Crippen LogP contribution in [0, 0.1) is 0 Å². The number of nitrogens with one attached hydrogen (secondary N) is 1. The third-order valence-electron chi connectivity index (χ3n) is 4.77. The van der Waals surface area contributed by atoms with Gasteiger partial charge in [0, 0.05) is 6.54 Å². The Balaban J connectivity index is 1.63. The Bertz CT molecular complexity index is 1120. The first kappa shape index (κ1) is 18.8. The fourth-order valence-electron chi connectivity index (χ4n) is 3.30. The number of hydrogen-bond acceptors (Lipinski definition) is 7. The van der Waals surface area contributed by atoms with Gasteiger partial charge in [-0.05, 0) is 25.5 Å².